The van der Waals surface area contributed by atoms with E-state index in [9.17, 15) is 13.2 Å². The average Bonchev–Trinajstić information content (AvgIpc) is 2.82. The number of hydrogen-bond donors (Lipinski definition) is 2. The van der Waals surface area contributed by atoms with Crippen molar-refractivity contribution in [1.29, 1.82) is 0 Å². The molecule has 0 saturated carbocycles. The first kappa shape index (κ1) is 22.8. The number of hydrazone groups is 1. The molecule has 0 saturated heterocycles. The van der Waals surface area contributed by atoms with Gasteiger partial charge in [0.25, 0.3) is 15.9 Å². The number of anilines is 1. The molecular weight excluding hydrogens is 430 g/mol. The third-order valence-electron chi connectivity index (χ3n) is 4.58. The number of methoxy groups -OCH3 is 2. The molecule has 3 aromatic rings. The quantitative estimate of drug-likeness (QED) is 0.400. The molecule has 0 aromatic heterocycles. The van der Waals surface area contributed by atoms with Crippen LogP contribution in [0.25, 0.3) is 0 Å². The molecule has 9 heteroatoms. The number of carbonyl (C=O) groups excluding carboxylic acids is 1. The number of nitrogens with zero attached hydrogens (tertiary/aromatic N) is 1. The molecule has 0 aliphatic carbocycles. The smallest absolute Gasteiger partial charge is 0.271 e. The topological polar surface area (TPSA) is 106 Å². The summed E-state index contributed by atoms with van der Waals surface area (Å²) in [6, 6.07) is 19.4. The first-order chi connectivity index (χ1) is 15.3. The van der Waals surface area contributed by atoms with Crippen LogP contribution in [0.2, 0.25) is 0 Å². The molecule has 0 spiro atoms. The maximum atomic E-state index is 12.7. The van der Waals surface area contributed by atoms with E-state index in [0.717, 1.165) is 5.56 Å². The van der Waals surface area contributed by atoms with Gasteiger partial charge in [-0.3, -0.25) is 9.52 Å². The van der Waals surface area contributed by atoms with Gasteiger partial charge in [-0.05, 0) is 79.2 Å². The Morgan fingerprint density at radius 3 is 2.03 bits per heavy atom. The number of ether oxygens (including phenoxy) is 2. The molecule has 0 radical (unpaired) electrons. The predicted octanol–water partition coefficient (Wildman–Crippen LogP) is 3.66. The number of benzene rings is 3. The first-order valence-corrected chi connectivity index (χ1v) is 11.1. The van der Waals surface area contributed by atoms with Gasteiger partial charge in [0.15, 0.2) is 0 Å². The van der Waals surface area contributed by atoms with Crippen molar-refractivity contribution in [2.75, 3.05) is 18.9 Å². The second kappa shape index (κ2) is 9.97. The molecular formula is C23H23N3O5S. The average molecular weight is 454 g/mol. The van der Waals surface area contributed by atoms with Gasteiger partial charge in [0.1, 0.15) is 11.5 Å². The summed E-state index contributed by atoms with van der Waals surface area (Å²) in [7, 11) is -0.782. The van der Waals surface area contributed by atoms with Gasteiger partial charge in [0.05, 0.1) is 24.8 Å². The summed E-state index contributed by atoms with van der Waals surface area (Å²) < 4.78 is 38.1. The molecule has 0 atom stereocenters. The minimum absolute atomic E-state index is 0.0446. The minimum atomic E-state index is -3.89. The van der Waals surface area contributed by atoms with Crippen LogP contribution in [0.3, 0.4) is 0 Å². The summed E-state index contributed by atoms with van der Waals surface area (Å²) in [5, 5.41) is 4.10. The lowest BCUT2D eigenvalue weighted by Gasteiger charge is -2.10. The molecule has 0 aliphatic heterocycles. The third-order valence-corrected chi connectivity index (χ3v) is 5.96. The standard InChI is InChI=1S/C23H23N3O5S/c1-16(17-7-11-20(30-2)12-8-17)24-25-23(27)18-5-4-6-22(15-18)32(28,29)26-19-9-13-21(31-3)14-10-19/h4-15,26H,1-3H3,(H,25,27). The molecule has 0 unspecified atom stereocenters. The van der Waals surface area contributed by atoms with Crippen LogP contribution < -0.4 is 19.6 Å². The molecule has 2 N–H and O–H groups in total. The van der Waals surface area contributed by atoms with E-state index in [2.05, 4.69) is 15.2 Å². The van der Waals surface area contributed by atoms with Crippen molar-refractivity contribution in [3.05, 3.63) is 83.9 Å². The van der Waals surface area contributed by atoms with Crippen molar-refractivity contribution < 1.29 is 22.7 Å². The van der Waals surface area contributed by atoms with E-state index in [4.69, 9.17) is 9.47 Å². The SMILES string of the molecule is COc1ccc(NS(=O)(=O)c2cccc(C(=O)NN=C(C)c3ccc(OC)cc3)c2)cc1. The van der Waals surface area contributed by atoms with Crippen LogP contribution in [0, 0.1) is 0 Å². The van der Waals surface area contributed by atoms with E-state index in [0.29, 0.717) is 22.9 Å². The fourth-order valence-corrected chi connectivity index (χ4v) is 3.88. The van der Waals surface area contributed by atoms with Crippen LogP contribution in [0.15, 0.2) is 82.8 Å². The van der Waals surface area contributed by atoms with Crippen LogP contribution in [0.1, 0.15) is 22.8 Å². The fourth-order valence-electron chi connectivity index (χ4n) is 2.77. The highest BCUT2D eigenvalue weighted by Gasteiger charge is 2.16. The van der Waals surface area contributed by atoms with Crippen molar-refractivity contribution in [2.45, 2.75) is 11.8 Å². The number of nitrogens with one attached hydrogen (secondary N) is 2. The van der Waals surface area contributed by atoms with Gasteiger partial charge >= 0.3 is 0 Å². The second-order valence-corrected chi connectivity index (χ2v) is 8.41. The van der Waals surface area contributed by atoms with Crippen LogP contribution in [-0.4, -0.2) is 34.3 Å². The van der Waals surface area contributed by atoms with E-state index >= 15 is 0 Å². The summed E-state index contributed by atoms with van der Waals surface area (Å²) in [6.07, 6.45) is 0. The number of carbonyl (C=O) groups is 1. The Hall–Kier alpha value is -3.85. The monoisotopic (exact) mass is 453 g/mol. The number of amides is 1. The second-order valence-electron chi connectivity index (χ2n) is 6.73. The van der Waals surface area contributed by atoms with E-state index in [-0.39, 0.29) is 10.5 Å². The highest BCUT2D eigenvalue weighted by atomic mass is 32.2. The van der Waals surface area contributed by atoms with Crippen molar-refractivity contribution in [2.24, 2.45) is 5.10 Å². The van der Waals surface area contributed by atoms with Gasteiger partial charge in [-0.15, -0.1) is 0 Å². The highest BCUT2D eigenvalue weighted by Crippen LogP contribution is 2.20. The maximum absolute atomic E-state index is 12.7. The van der Waals surface area contributed by atoms with Gasteiger partial charge in [-0.2, -0.15) is 5.10 Å². The van der Waals surface area contributed by atoms with Gasteiger partial charge in [0.2, 0.25) is 0 Å². The van der Waals surface area contributed by atoms with E-state index in [1.54, 1.807) is 50.4 Å². The zero-order valence-electron chi connectivity index (χ0n) is 17.8. The Kier molecular flexibility index (Phi) is 7.11. The Bertz CT molecular complexity index is 1220. The molecule has 0 bridgehead atoms. The Labute approximate surface area is 186 Å². The maximum Gasteiger partial charge on any atom is 0.271 e. The fraction of sp³-hybridized carbons (Fsp3) is 0.130. The van der Waals surface area contributed by atoms with Gasteiger partial charge < -0.3 is 9.47 Å². The summed E-state index contributed by atoms with van der Waals surface area (Å²) in [4.78, 5) is 12.5. The normalized spacial score (nSPS) is 11.5. The number of rotatable bonds is 8. The minimum Gasteiger partial charge on any atom is -0.497 e. The Balaban J connectivity index is 1.72. The summed E-state index contributed by atoms with van der Waals surface area (Å²) in [5.41, 5.74) is 4.39. The van der Waals surface area contributed by atoms with Crippen molar-refractivity contribution in [3.8, 4) is 11.5 Å². The van der Waals surface area contributed by atoms with Gasteiger partial charge in [-0.25, -0.2) is 13.8 Å². The molecule has 166 valence electrons. The van der Waals surface area contributed by atoms with Crippen molar-refractivity contribution in [1.82, 2.24) is 5.43 Å². The molecule has 0 heterocycles. The van der Waals surface area contributed by atoms with Crippen LogP contribution in [0.5, 0.6) is 11.5 Å². The molecule has 8 nitrogen and oxygen atoms in total. The summed E-state index contributed by atoms with van der Waals surface area (Å²) in [6.45, 7) is 1.75. The first-order valence-electron chi connectivity index (χ1n) is 9.58. The van der Waals surface area contributed by atoms with E-state index < -0.39 is 15.9 Å². The molecule has 32 heavy (non-hydrogen) atoms. The van der Waals surface area contributed by atoms with E-state index in [1.807, 2.05) is 12.1 Å². The number of hydrogen-bond acceptors (Lipinski definition) is 6. The molecule has 0 aliphatic rings. The van der Waals surface area contributed by atoms with E-state index in [1.165, 1.54) is 31.4 Å². The van der Waals surface area contributed by atoms with Gasteiger partial charge in [0, 0.05) is 11.3 Å². The van der Waals surface area contributed by atoms with Crippen LogP contribution in [0.4, 0.5) is 5.69 Å². The third kappa shape index (κ3) is 5.64. The molecule has 1 amide bonds. The highest BCUT2D eigenvalue weighted by molar-refractivity contribution is 7.92. The lowest BCUT2D eigenvalue weighted by Crippen LogP contribution is -2.20. The number of sulfonamides is 1. The lowest BCUT2D eigenvalue weighted by molar-refractivity contribution is 0.0954. The van der Waals surface area contributed by atoms with Crippen molar-refractivity contribution >= 4 is 27.3 Å². The molecule has 3 aromatic carbocycles. The summed E-state index contributed by atoms with van der Waals surface area (Å²) >= 11 is 0. The Morgan fingerprint density at radius 1 is 0.844 bits per heavy atom. The largest absolute Gasteiger partial charge is 0.497 e. The molecule has 0 fully saturated rings. The molecule has 3 rings (SSSR count). The summed E-state index contributed by atoms with van der Waals surface area (Å²) in [5.74, 6) is 0.795. The lowest BCUT2D eigenvalue weighted by atomic mass is 10.1. The van der Waals surface area contributed by atoms with Crippen LogP contribution >= 0.6 is 0 Å². The zero-order chi connectivity index (χ0) is 23.1. The zero-order valence-corrected chi connectivity index (χ0v) is 18.6. The van der Waals surface area contributed by atoms with Crippen LogP contribution in [-0.2, 0) is 10.0 Å². The Morgan fingerprint density at radius 2 is 1.44 bits per heavy atom. The van der Waals surface area contributed by atoms with Gasteiger partial charge in [-0.1, -0.05) is 6.07 Å². The predicted molar refractivity (Wildman–Crippen MR) is 123 cm³/mol. The van der Waals surface area contributed by atoms with Crippen molar-refractivity contribution in [3.63, 3.8) is 0 Å².